The van der Waals surface area contributed by atoms with Crippen LogP contribution >= 0.6 is 0 Å². The predicted octanol–water partition coefficient (Wildman–Crippen LogP) is 5.63. The lowest BCUT2D eigenvalue weighted by Gasteiger charge is -2.29. The number of hydrogen-bond donors (Lipinski definition) is 0. The monoisotopic (exact) mass is 423 g/mol. The van der Waals surface area contributed by atoms with Crippen molar-refractivity contribution in [1.82, 2.24) is 9.78 Å². The Labute approximate surface area is 187 Å². The first-order valence-electron chi connectivity index (χ1n) is 10.9. The second-order valence-electron chi connectivity index (χ2n) is 7.98. The van der Waals surface area contributed by atoms with Gasteiger partial charge in [0.05, 0.1) is 17.7 Å². The summed E-state index contributed by atoms with van der Waals surface area (Å²) < 4.78 is 8.20. The summed E-state index contributed by atoms with van der Waals surface area (Å²) in [5, 5.41) is 4.78. The lowest BCUT2D eigenvalue weighted by Crippen LogP contribution is -2.38. The topological polar surface area (TPSA) is 47.4 Å². The molecule has 160 valence electrons. The van der Waals surface area contributed by atoms with Crippen LogP contribution in [0.25, 0.3) is 11.1 Å². The molecule has 4 aromatic rings. The number of rotatable bonds is 5. The van der Waals surface area contributed by atoms with E-state index in [1.165, 1.54) is 0 Å². The van der Waals surface area contributed by atoms with Crippen LogP contribution in [0.3, 0.4) is 0 Å². The second-order valence-corrected chi connectivity index (χ2v) is 7.98. The van der Waals surface area contributed by atoms with Gasteiger partial charge in [0.25, 0.3) is 0 Å². The van der Waals surface area contributed by atoms with Crippen molar-refractivity contribution in [3.05, 3.63) is 96.2 Å². The van der Waals surface area contributed by atoms with Crippen LogP contribution in [0.2, 0.25) is 0 Å². The van der Waals surface area contributed by atoms with Crippen LogP contribution in [0.1, 0.15) is 17.7 Å². The number of para-hydroxylation sites is 2. The zero-order valence-corrected chi connectivity index (χ0v) is 18.1. The highest BCUT2D eigenvalue weighted by atomic mass is 16.5. The number of nitrogens with zero attached hydrogens (tertiary/aromatic N) is 3. The molecule has 0 fully saturated rings. The normalized spacial score (nSPS) is 13.0. The van der Waals surface area contributed by atoms with E-state index in [1.807, 2.05) is 101 Å². The lowest BCUT2D eigenvalue weighted by atomic mass is 10.0. The summed E-state index contributed by atoms with van der Waals surface area (Å²) in [6.45, 7) is 3.48. The Hall–Kier alpha value is -3.86. The summed E-state index contributed by atoms with van der Waals surface area (Å²) in [5.74, 6) is 2.47. The van der Waals surface area contributed by atoms with Crippen molar-refractivity contribution < 1.29 is 9.53 Å². The minimum Gasteiger partial charge on any atom is -0.457 e. The first-order valence-corrected chi connectivity index (χ1v) is 10.9. The maximum absolute atomic E-state index is 13.4. The molecule has 32 heavy (non-hydrogen) atoms. The van der Waals surface area contributed by atoms with E-state index in [1.54, 1.807) is 0 Å². The molecule has 0 aliphatic carbocycles. The third-order valence-corrected chi connectivity index (χ3v) is 5.73. The molecule has 0 unspecified atom stereocenters. The minimum atomic E-state index is 0.0831. The molecule has 5 nitrogen and oxygen atoms in total. The molecular weight excluding hydrogens is 398 g/mol. The summed E-state index contributed by atoms with van der Waals surface area (Å²) in [6, 6.07) is 27.6. The summed E-state index contributed by atoms with van der Waals surface area (Å²) >= 11 is 0. The van der Waals surface area contributed by atoms with Crippen molar-refractivity contribution in [2.75, 3.05) is 11.4 Å². The molecule has 0 bridgehead atoms. The fourth-order valence-corrected chi connectivity index (χ4v) is 4.29. The fourth-order valence-electron chi connectivity index (χ4n) is 4.29. The molecule has 1 amide bonds. The average molecular weight is 424 g/mol. The lowest BCUT2D eigenvalue weighted by molar-refractivity contribution is -0.118. The van der Waals surface area contributed by atoms with E-state index in [0.29, 0.717) is 13.0 Å². The summed E-state index contributed by atoms with van der Waals surface area (Å²) in [6.07, 6.45) is 1.25. The van der Waals surface area contributed by atoms with Crippen LogP contribution in [-0.2, 0) is 17.8 Å². The molecule has 0 atom stereocenters. The Balaban J connectivity index is 1.55. The summed E-state index contributed by atoms with van der Waals surface area (Å²) in [7, 11) is 0. The Kier molecular flexibility index (Phi) is 5.46. The predicted molar refractivity (Wildman–Crippen MR) is 126 cm³/mol. The SMILES string of the molecule is Cc1nn2c(c1-c1ccccc1Oc1ccccc1)N(C(=O)Cc1ccccc1)CCC2. The Bertz CT molecular complexity index is 1230. The highest BCUT2D eigenvalue weighted by Crippen LogP contribution is 2.42. The van der Waals surface area contributed by atoms with Gasteiger partial charge in [0.15, 0.2) is 0 Å². The van der Waals surface area contributed by atoms with Gasteiger partial charge in [-0.1, -0.05) is 66.7 Å². The molecule has 5 heteroatoms. The van der Waals surface area contributed by atoms with Gasteiger partial charge < -0.3 is 4.74 Å². The molecule has 5 rings (SSSR count). The van der Waals surface area contributed by atoms with E-state index in [0.717, 1.165) is 52.7 Å². The maximum Gasteiger partial charge on any atom is 0.232 e. The maximum atomic E-state index is 13.4. The van der Waals surface area contributed by atoms with Crippen molar-refractivity contribution in [3.8, 4) is 22.6 Å². The van der Waals surface area contributed by atoms with Gasteiger partial charge in [-0.15, -0.1) is 0 Å². The molecule has 0 saturated heterocycles. The highest BCUT2D eigenvalue weighted by molar-refractivity contribution is 5.99. The molecule has 0 radical (unpaired) electrons. The average Bonchev–Trinajstić information content (AvgIpc) is 3.16. The van der Waals surface area contributed by atoms with E-state index < -0.39 is 0 Å². The first kappa shape index (κ1) is 20.1. The van der Waals surface area contributed by atoms with E-state index in [2.05, 4.69) is 0 Å². The Morgan fingerprint density at radius 1 is 0.906 bits per heavy atom. The van der Waals surface area contributed by atoms with Crippen LogP contribution in [0.15, 0.2) is 84.9 Å². The quantitative estimate of drug-likeness (QED) is 0.418. The molecule has 2 heterocycles. The molecule has 1 aliphatic heterocycles. The molecule has 0 saturated carbocycles. The van der Waals surface area contributed by atoms with Crippen molar-refractivity contribution in [2.45, 2.75) is 26.3 Å². The molecule has 0 spiro atoms. The fraction of sp³-hybridized carbons (Fsp3) is 0.185. The van der Waals surface area contributed by atoms with Gasteiger partial charge in [-0.3, -0.25) is 9.69 Å². The number of anilines is 1. The van der Waals surface area contributed by atoms with Crippen molar-refractivity contribution >= 4 is 11.7 Å². The van der Waals surface area contributed by atoms with Crippen LogP contribution in [0.5, 0.6) is 11.5 Å². The van der Waals surface area contributed by atoms with Crippen molar-refractivity contribution in [1.29, 1.82) is 0 Å². The van der Waals surface area contributed by atoms with Gasteiger partial charge in [0.2, 0.25) is 5.91 Å². The van der Waals surface area contributed by atoms with Gasteiger partial charge in [0, 0.05) is 18.7 Å². The van der Waals surface area contributed by atoms with Crippen LogP contribution < -0.4 is 9.64 Å². The van der Waals surface area contributed by atoms with Gasteiger partial charge >= 0.3 is 0 Å². The van der Waals surface area contributed by atoms with Gasteiger partial charge in [-0.2, -0.15) is 5.10 Å². The minimum absolute atomic E-state index is 0.0831. The summed E-state index contributed by atoms with van der Waals surface area (Å²) in [4.78, 5) is 15.2. The van der Waals surface area contributed by atoms with Crippen molar-refractivity contribution in [2.24, 2.45) is 0 Å². The van der Waals surface area contributed by atoms with Crippen molar-refractivity contribution in [3.63, 3.8) is 0 Å². The van der Waals surface area contributed by atoms with E-state index in [-0.39, 0.29) is 5.91 Å². The molecule has 1 aliphatic rings. The van der Waals surface area contributed by atoms with E-state index in [9.17, 15) is 4.79 Å². The zero-order chi connectivity index (χ0) is 21.9. The van der Waals surface area contributed by atoms with E-state index >= 15 is 0 Å². The molecular formula is C27H25N3O2. The zero-order valence-electron chi connectivity index (χ0n) is 18.1. The van der Waals surface area contributed by atoms with Crippen LogP contribution in [0, 0.1) is 6.92 Å². The largest absolute Gasteiger partial charge is 0.457 e. The number of hydrogen-bond acceptors (Lipinski definition) is 3. The number of carbonyl (C=O) groups excluding carboxylic acids is 1. The van der Waals surface area contributed by atoms with E-state index in [4.69, 9.17) is 9.84 Å². The second kappa shape index (κ2) is 8.71. The standard InChI is InChI=1S/C27H25N3O2/c1-20-26(23-15-8-9-16-24(23)32-22-13-6-3-7-14-22)27-29(17-10-18-30(27)28-20)25(31)19-21-11-4-2-5-12-21/h2-9,11-16H,10,17-19H2,1H3. The van der Waals surface area contributed by atoms with Crippen LogP contribution in [-0.4, -0.2) is 22.2 Å². The van der Waals surface area contributed by atoms with Crippen LogP contribution in [0.4, 0.5) is 5.82 Å². The smallest absolute Gasteiger partial charge is 0.232 e. The number of aryl methyl sites for hydroxylation is 2. The first-order chi connectivity index (χ1) is 15.7. The van der Waals surface area contributed by atoms with Gasteiger partial charge in [-0.05, 0) is 37.1 Å². The third kappa shape index (κ3) is 3.89. The number of amides is 1. The Morgan fingerprint density at radius 3 is 2.38 bits per heavy atom. The molecule has 3 aromatic carbocycles. The highest BCUT2D eigenvalue weighted by Gasteiger charge is 2.30. The molecule has 0 N–H and O–H groups in total. The number of ether oxygens (including phenoxy) is 1. The van der Waals surface area contributed by atoms with Gasteiger partial charge in [-0.25, -0.2) is 4.68 Å². The summed E-state index contributed by atoms with van der Waals surface area (Å²) in [5.41, 5.74) is 3.80. The number of aromatic nitrogens is 2. The number of carbonyl (C=O) groups is 1. The molecule has 1 aromatic heterocycles. The number of benzene rings is 3. The number of fused-ring (bicyclic) bond motifs is 1. The van der Waals surface area contributed by atoms with Gasteiger partial charge in [0.1, 0.15) is 17.3 Å². The third-order valence-electron chi connectivity index (χ3n) is 5.73. The Morgan fingerprint density at radius 2 is 1.59 bits per heavy atom.